The molecule has 2 rings (SSSR count). The van der Waals surface area contributed by atoms with Gasteiger partial charge in [0.1, 0.15) is 0 Å². The van der Waals surface area contributed by atoms with Crippen LogP contribution in [0.1, 0.15) is 25.3 Å². The van der Waals surface area contributed by atoms with Crippen LogP contribution in [0.15, 0.2) is 41.9 Å². The first-order chi connectivity index (χ1) is 13.3. The molecule has 0 amide bonds. The fourth-order valence-electron chi connectivity index (χ4n) is 2.75. The number of guanidine groups is 1. The predicted molar refractivity (Wildman–Crippen MR) is 109 cm³/mol. The van der Waals surface area contributed by atoms with E-state index in [0.29, 0.717) is 6.61 Å². The average Bonchev–Trinajstić information content (AvgIpc) is 3.20. The molecule has 1 aromatic carbocycles. The van der Waals surface area contributed by atoms with Gasteiger partial charge in [-0.05, 0) is 43.9 Å². The molecule has 0 aliphatic carbocycles. The van der Waals surface area contributed by atoms with Crippen LogP contribution in [0, 0.1) is 0 Å². The topological polar surface area (TPSA) is 72.7 Å². The van der Waals surface area contributed by atoms with Crippen molar-refractivity contribution in [2.75, 3.05) is 33.9 Å². The molecular weight excluding hydrogens is 342 g/mol. The molecule has 0 aliphatic rings. The summed E-state index contributed by atoms with van der Waals surface area (Å²) in [5.41, 5.74) is 1.24. The Morgan fingerprint density at radius 1 is 1.19 bits per heavy atom. The number of ether oxygens (including phenoxy) is 2. The zero-order valence-electron chi connectivity index (χ0n) is 16.6. The fourth-order valence-corrected chi connectivity index (χ4v) is 2.75. The van der Waals surface area contributed by atoms with E-state index < -0.39 is 0 Å². The lowest BCUT2D eigenvalue weighted by Gasteiger charge is -2.13. The first kappa shape index (κ1) is 20.6. The monoisotopic (exact) mass is 373 g/mol. The molecule has 0 atom stereocenters. The smallest absolute Gasteiger partial charge is 0.190 e. The Morgan fingerprint density at radius 3 is 2.67 bits per heavy atom. The molecule has 27 heavy (non-hydrogen) atoms. The van der Waals surface area contributed by atoms with Crippen molar-refractivity contribution in [3.63, 3.8) is 0 Å². The van der Waals surface area contributed by atoms with Crippen molar-refractivity contribution in [2.24, 2.45) is 4.99 Å². The molecule has 0 spiro atoms. The first-order valence-corrected chi connectivity index (χ1v) is 9.46. The van der Waals surface area contributed by atoms with E-state index in [-0.39, 0.29) is 0 Å². The fraction of sp³-hybridized carbons (Fsp3) is 0.500. The molecule has 0 unspecified atom stereocenters. The van der Waals surface area contributed by atoms with Gasteiger partial charge in [0.05, 0.1) is 20.0 Å². The van der Waals surface area contributed by atoms with E-state index in [1.807, 2.05) is 25.5 Å². The standard InChI is InChI=1S/C20H31N5O2/c1-4-27-19-15-17(8-9-18(19)26-3)7-5-10-23-20(21-2)24-11-6-13-25-14-12-22-16-25/h8-9,12,14-16H,4-7,10-11,13H2,1-3H3,(H2,21,23,24). The van der Waals surface area contributed by atoms with Crippen molar-refractivity contribution in [3.8, 4) is 11.5 Å². The van der Waals surface area contributed by atoms with Crippen molar-refractivity contribution in [2.45, 2.75) is 32.7 Å². The Balaban J connectivity index is 1.66. The molecule has 1 heterocycles. The molecule has 7 heteroatoms. The number of hydrogen-bond donors (Lipinski definition) is 2. The van der Waals surface area contributed by atoms with E-state index in [2.05, 4.69) is 37.3 Å². The third-order valence-electron chi connectivity index (χ3n) is 4.13. The van der Waals surface area contributed by atoms with Gasteiger partial charge in [-0.3, -0.25) is 4.99 Å². The summed E-state index contributed by atoms with van der Waals surface area (Å²) in [5.74, 6) is 2.42. The van der Waals surface area contributed by atoms with E-state index in [9.17, 15) is 0 Å². The quantitative estimate of drug-likeness (QED) is 0.360. The van der Waals surface area contributed by atoms with E-state index in [1.54, 1.807) is 20.4 Å². The zero-order valence-corrected chi connectivity index (χ0v) is 16.6. The van der Waals surface area contributed by atoms with Gasteiger partial charge in [-0.15, -0.1) is 0 Å². The Hall–Kier alpha value is -2.70. The third kappa shape index (κ3) is 7.21. The maximum atomic E-state index is 5.64. The van der Waals surface area contributed by atoms with Gasteiger partial charge in [0.25, 0.3) is 0 Å². The molecule has 0 radical (unpaired) electrons. The number of imidazole rings is 1. The van der Waals surface area contributed by atoms with Crippen LogP contribution >= 0.6 is 0 Å². The molecule has 2 N–H and O–H groups in total. The molecule has 0 saturated heterocycles. The summed E-state index contributed by atoms with van der Waals surface area (Å²) < 4.78 is 13.0. The Kier molecular flexibility index (Phi) is 9.03. The number of aliphatic imine (C=N–C) groups is 1. The van der Waals surface area contributed by atoms with Gasteiger partial charge in [-0.1, -0.05) is 6.07 Å². The summed E-state index contributed by atoms with van der Waals surface area (Å²) >= 11 is 0. The van der Waals surface area contributed by atoms with E-state index >= 15 is 0 Å². The van der Waals surface area contributed by atoms with Crippen molar-refractivity contribution in [3.05, 3.63) is 42.5 Å². The zero-order chi connectivity index (χ0) is 19.3. The lowest BCUT2D eigenvalue weighted by molar-refractivity contribution is 0.310. The Morgan fingerprint density at radius 2 is 2.00 bits per heavy atom. The summed E-state index contributed by atoms with van der Waals surface area (Å²) in [7, 11) is 3.46. The number of methoxy groups -OCH3 is 1. The average molecular weight is 374 g/mol. The number of hydrogen-bond acceptors (Lipinski definition) is 4. The second-order valence-corrected chi connectivity index (χ2v) is 6.10. The van der Waals surface area contributed by atoms with Gasteiger partial charge in [0, 0.05) is 39.1 Å². The van der Waals surface area contributed by atoms with Crippen LogP contribution in [0.3, 0.4) is 0 Å². The first-order valence-electron chi connectivity index (χ1n) is 9.46. The minimum absolute atomic E-state index is 0.629. The highest BCUT2D eigenvalue weighted by Gasteiger charge is 2.05. The van der Waals surface area contributed by atoms with Gasteiger partial charge in [0.2, 0.25) is 0 Å². The SMILES string of the molecule is CCOc1cc(CCCNC(=NC)NCCCn2ccnc2)ccc1OC. The van der Waals surface area contributed by atoms with Crippen LogP contribution in [0.25, 0.3) is 0 Å². The highest BCUT2D eigenvalue weighted by atomic mass is 16.5. The molecule has 7 nitrogen and oxygen atoms in total. The largest absolute Gasteiger partial charge is 0.493 e. The lowest BCUT2D eigenvalue weighted by Crippen LogP contribution is -2.38. The normalized spacial score (nSPS) is 11.3. The van der Waals surface area contributed by atoms with Crippen LogP contribution in [0.4, 0.5) is 0 Å². The molecule has 1 aromatic heterocycles. The highest BCUT2D eigenvalue weighted by molar-refractivity contribution is 5.79. The summed E-state index contributed by atoms with van der Waals surface area (Å²) in [6.07, 6.45) is 8.60. The summed E-state index contributed by atoms with van der Waals surface area (Å²) in [4.78, 5) is 8.31. The molecule has 0 fully saturated rings. The van der Waals surface area contributed by atoms with Crippen molar-refractivity contribution in [1.29, 1.82) is 0 Å². The van der Waals surface area contributed by atoms with E-state index in [1.165, 1.54) is 5.56 Å². The Labute approximate surface area is 161 Å². The van der Waals surface area contributed by atoms with E-state index in [0.717, 1.165) is 56.4 Å². The van der Waals surface area contributed by atoms with Crippen LogP contribution in [-0.2, 0) is 13.0 Å². The number of nitrogens with one attached hydrogen (secondary N) is 2. The number of aromatic nitrogens is 2. The van der Waals surface area contributed by atoms with Gasteiger partial charge < -0.3 is 24.7 Å². The van der Waals surface area contributed by atoms with Crippen molar-refractivity contribution < 1.29 is 9.47 Å². The molecule has 0 bridgehead atoms. The maximum Gasteiger partial charge on any atom is 0.190 e. The number of benzene rings is 1. The van der Waals surface area contributed by atoms with Gasteiger partial charge in [-0.25, -0.2) is 4.98 Å². The van der Waals surface area contributed by atoms with Crippen LogP contribution in [0.2, 0.25) is 0 Å². The van der Waals surface area contributed by atoms with Gasteiger partial charge in [0.15, 0.2) is 17.5 Å². The van der Waals surface area contributed by atoms with Crippen molar-refractivity contribution in [1.82, 2.24) is 20.2 Å². The minimum atomic E-state index is 0.629. The third-order valence-corrected chi connectivity index (χ3v) is 4.13. The van der Waals surface area contributed by atoms with Crippen LogP contribution in [0.5, 0.6) is 11.5 Å². The van der Waals surface area contributed by atoms with Crippen molar-refractivity contribution >= 4 is 5.96 Å². The summed E-state index contributed by atoms with van der Waals surface area (Å²) in [6, 6.07) is 6.12. The number of rotatable bonds is 11. The summed E-state index contributed by atoms with van der Waals surface area (Å²) in [6.45, 7) is 5.28. The van der Waals surface area contributed by atoms with Gasteiger partial charge in [-0.2, -0.15) is 0 Å². The molecule has 148 valence electrons. The van der Waals surface area contributed by atoms with E-state index in [4.69, 9.17) is 9.47 Å². The predicted octanol–water partition coefficient (Wildman–Crippen LogP) is 2.48. The molecule has 0 saturated carbocycles. The minimum Gasteiger partial charge on any atom is -0.493 e. The Bertz CT molecular complexity index is 686. The lowest BCUT2D eigenvalue weighted by atomic mass is 10.1. The summed E-state index contributed by atoms with van der Waals surface area (Å²) in [5, 5.41) is 6.70. The number of nitrogens with zero attached hydrogens (tertiary/aromatic N) is 3. The van der Waals surface area contributed by atoms with Crippen LogP contribution in [-0.4, -0.2) is 49.4 Å². The second kappa shape index (κ2) is 11.8. The van der Waals surface area contributed by atoms with Crippen LogP contribution < -0.4 is 20.1 Å². The molecular formula is C20H31N5O2. The second-order valence-electron chi connectivity index (χ2n) is 6.10. The maximum absolute atomic E-state index is 5.64. The molecule has 2 aromatic rings. The molecule has 0 aliphatic heterocycles. The van der Waals surface area contributed by atoms with Gasteiger partial charge >= 0.3 is 0 Å². The highest BCUT2D eigenvalue weighted by Crippen LogP contribution is 2.28. The number of aryl methyl sites for hydroxylation is 2.